The van der Waals surface area contributed by atoms with E-state index in [4.69, 9.17) is 0 Å². The number of hydrogen-bond donors (Lipinski definition) is 1. The normalized spacial score (nSPS) is 48.5. The van der Waals surface area contributed by atoms with Crippen LogP contribution in [-0.2, 0) is 0 Å². The van der Waals surface area contributed by atoms with Gasteiger partial charge in [-0.2, -0.15) is 11.8 Å². The summed E-state index contributed by atoms with van der Waals surface area (Å²) in [6.07, 6.45) is 1.49. The first-order chi connectivity index (χ1) is 5.29. The molecule has 3 unspecified atom stereocenters. The van der Waals surface area contributed by atoms with E-state index in [1.54, 1.807) is 0 Å². The van der Waals surface area contributed by atoms with E-state index < -0.39 is 0 Å². The molecule has 2 fully saturated rings. The second kappa shape index (κ2) is 2.67. The Bertz CT molecular complexity index is 160. The topological polar surface area (TPSA) is 12.0 Å². The summed E-state index contributed by atoms with van der Waals surface area (Å²) >= 11 is 2.15. The SMILES string of the molecule is CNCC1CC12CSCC2C. The standard InChI is InChI=1S/C9H17NS/c1-7-5-11-6-9(7)3-8(9)4-10-2/h7-8,10H,3-6H2,1-2H3. The molecule has 0 aromatic heterocycles. The van der Waals surface area contributed by atoms with Gasteiger partial charge in [0, 0.05) is 0 Å². The summed E-state index contributed by atoms with van der Waals surface area (Å²) in [5, 5.41) is 3.29. The summed E-state index contributed by atoms with van der Waals surface area (Å²) in [5.41, 5.74) is 0.772. The smallest absolute Gasteiger partial charge is 0.000460 e. The molecule has 0 aromatic carbocycles. The molecule has 0 aromatic rings. The maximum atomic E-state index is 3.29. The fourth-order valence-electron chi connectivity index (χ4n) is 2.44. The quantitative estimate of drug-likeness (QED) is 0.677. The van der Waals surface area contributed by atoms with E-state index >= 15 is 0 Å². The summed E-state index contributed by atoms with van der Waals surface area (Å²) in [7, 11) is 2.07. The van der Waals surface area contributed by atoms with Gasteiger partial charge in [0.05, 0.1) is 0 Å². The molecule has 0 radical (unpaired) electrons. The van der Waals surface area contributed by atoms with Crippen molar-refractivity contribution in [3.8, 4) is 0 Å². The lowest BCUT2D eigenvalue weighted by Crippen LogP contribution is -2.19. The van der Waals surface area contributed by atoms with Gasteiger partial charge in [-0.05, 0) is 48.8 Å². The molecule has 1 aliphatic heterocycles. The summed E-state index contributed by atoms with van der Waals surface area (Å²) in [6, 6.07) is 0. The Morgan fingerprint density at radius 2 is 2.45 bits per heavy atom. The van der Waals surface area contributed by atoms with Crippen LogP contribution in [-0.4, -0.2) is 25.1 Å². The molecule has 1 nitrogen and oxygen atoms in total. The lowest BCUT2D eigenvalue weighted by atomic mass is 9.92. The minimum absolute atomic E-state index is 0.772. The van der Waals surface area contributed by atoms with Gasteiger partial charge in [0.2, 0.25) is 0 Å². The van der Waals surface area contributed by atoms with Crippen molar-refractivity contribution in [2.24, 2.45) is 17.3 Å². The molecule has 2 heteroatoms. The number of rotatable bonds is 2. The molecule has 1 aliphatic carbocycles. The van der Waals surface area contributed by atoms with Crippen molar-refractivity contribution < 1.29 is 0 Å². The summed E-state index contributed by atoms with van der Waals surface area (Å²) in [5.74, 6) is 4.81. The van der Waals surface area contributed by atoms with Crippen molar-refractivity contribution in [1.82, 2.24) is 5.32 Å². The highest BCUT2D eigenvalue weighted by Crippen LogP contribution is 2.63. The molecular weight excluding hydrogens is 154 g/mol. The van der Waals surface area contributed by atoms with E-state index in [0.717, 1.165) is 17.3 Å². The summed E-state index contributed by atoms with van der Waals surface area (Å²) in [4.78, 5) is 0. The van der Waals surface area contributed by atoms with Crippen LogP contribution < -0.4 is 5.32 Å². The molecule has 2 rings (SSSR count). The maximum Gasteiger partial charge on any atom is -0.000460 e. The predicted molar refractivity (Wildman–Crippen MR) is 51.0 cm³/mol. The molecule has 1 N–H and O–H groups in total. The highest BCUT2D eigenvalue weighted by Gasteiger charge is 2.58. The molecule has 2 aliphatic rings. The van der Waals surface area contributed by atoms with Crippen LogP contribution in [0.15, 0.2) is 0 Å². The third-order valence-electron chi connectivity index (χ3n) is 3.45. The van der Waals surface area contributed by atoms with Crippen LogP contribution in [0.3, 0.4) is 0 Å². The zero-order chi connectivity index (χ0) is 7.90. The Kier molecular flexibility index (Phi) is 1.92. The molecular formula is C9H17NS. The van der Waals surface area contributed by atoms with Gasteiger partial charge in [0.25, 0.3) is 0 Å². The van der Waals surface area contributed by atoms with Crippen LogP contribution >= 0.6 is 11.8 Å². The van der Waals surface area contributed by atoms with Gasteiger partial charge in [-0.1, -0.05) is 6.92 Å². The van der Waals surface area contributed by atoms with Gasteiger partial charge in [0.15, 0.2) is 0 Å². The molecule has 1 heterocycles. The Labute approximate surface area is 73.3 Å². The first-order valence-corrected chi connectivity index (χ1v) is 5.67. The van der Waals surface area contributed by atoms with Crippen molar-refractivity contribution >= 4 is 11.8 Å². The highest BCUT2D eigenvalue weighted by atomic mass is 32.2. The molecule has 3 atom stereocenters. The van der Waals surface area contributed by atoms with Crippen molar-refractivity contribution in [3.05, 3.63) is 0 Å². The van der Waals surface area contributed by atoms with Crippen LogP contribution in [0.5, 0.6) is 0 Å². The van der Waals surface area contributed by atoms with Gasteiger partial charge in [-0.15, -0.1) is 0 Å². The van der Waals surface area contributed by atoms with Gasteiger partial charge in [-0.3, -0.25) is 0 Å². The van der Waals surface area contributed by atoms with E-state index in [0.29, 0.717) is 0 Å². The average Bonchev–Trinajstić information content (AvgIpc) is 2.53. The highest BCUT2D eigenvalue weighted by molar-refractivity contribution is 7.99. The van der Waals surface area contributed by atoms with Crippen LogP contribution in [0, 0.1) is 17.3 Å². The predicted octanol–water partition coefficient (Wildman–Crippen LogP) is 1.59. The van der Waals surface area contributed by atoms with E-state index in [-0.39, 0.29) is 0 Å². The number of nitrogens with one attached hydrogen (secondary N) is 1. The Hall–Kier alpha value is 0.310. The Morgan fingerprint density at radius 1 is 1.64 bits per heavy atom. The van der Waals surface area contributed by atoms with Crippen LogP contribution in [0.2, 0.25) is 0 Å². The molecule has 11 heavy (non-hydrogen) atoms. The second-order valence-corrected chi connectivity index (χ2v) is 5.14. The minimum Gasteiger partial charge on any atom is -0.319 e. The third-order valence-corrected chi connectivity index (χ3v) is 4.93. The fraction of sp³-hybridized carbons (Fsp3) is 1.00. The molecule has 0 bridgehead atoms. The summed E-state index contributed by atoms with van der Waals surface area (Å²) in [6.45, 7) is 3.67. The zero-order valence-corrected chi connectivity index (χ0v) is 8.21. The Balaban J connectivity index is 1.94. The number of thioether (sulfide) groups is 1. The van der Waals surface area contributed by atoms with Crippen molar-refractivity contribution in [2.75, 3.05) is 25.1 Å². The average molecular weight is 171 g/mol. The van der Waals surface area contributed by atoms with Gasteiger partial charge in [0.1, 0.15) is 0 Å². The van der Waals surface area contributed by atoms with E-state index in [9.17, 15) is 0 Å². The maximum absolute atomic E-state index is 3.29. The molecule has 64 valence electrons. The van der Waals surface area contributed by atoms with Crippen molar-refractivity contribution in [1.29, 1.82) is 0 Å². The first-order valence-electron chi connectivity index (χ1n) is 4.52. The largest absolute Gasteiger partial charge is 0.319 e. The van der Waals surface area contributed by atoms with Crippen molar-refractivity contribution in [3.63, 3.8) is 0 Å². The van der Waals surface area contributed by atoms with E-state index in [1.165, 1.54) is 24.5 Å². The Morgan fingerprint density at radius 3 is 3.00 bits per heavy atom. The zero-order valence-electron chi connectivity index (χ0n) is 7.39. The minimum atomic E-state index is 0.772. The van der Waals surface area contributed by atoms with Gasteiger partial charge < -0.3 is 5.32 Å². The van der Waals surface area contributed by atoms with Crippen molar-refractivity contribution in [2.45, 2.75) is 13.3 Å². The lowest BCUT2D eigenvalue weighted by Gasteiger charge is -2.13. The lowest BCUT2D eigenvalue weighted by molar-refractivity contribution is 0.385. The monoisotopic (exact) mass is 171 g/mol. The van der Waals surface area contributed by atoms with Gasteiger partial charge >= 0.3 is 0 Å². The molecule has 1 saturated carbocycles. The van der Waals surface area contributed by atoms with Crippen LogP contribution in [0.1, 0.15) is 13.3 Å². The second-order valence-electron chi connectivity index (χ2n) is 4.11. The number of hydrogen-bond acceptors (Lipinski definition) is 2. The van der Waals surface area contributed by atoms with E-state index in [2.05, 4.69) is 31.1 Å². The van der Waals surface area contributed by atoms with Crippen LogP contribution in [0.4, 0.5) is 0 Å². The molecule has 0 amide bonds. The fourth-order valence-corrected chi connectivity index (χ4v) is 4.26. The molecule has 1 spiro atoms. The van der Waals surface area contributed by atoms with Gasteiger partial charge in [-0.25, -0.2) is 0 Å². The first kappa shape index (κ1) is 7.93. The van der Waals surface area contributed by atoms with E-state index in [1.807, 2.05) is 0 Å². The van der Waals surface area contributed by atoms with Crippen LogP contribution in [0.25, 0.3) is 0 Å². The summed E-state index contributed by atoms with van der Waals surface area (Å²) < 4.78 is 0. The molecule has 1 saturated heterocycles. The third kappa shape index (κ3) is 1.11.